The van der Waals surface area contributed by atoms with Gasteiger partial charge in [0.15, 0.2) is 9.84 Å². The standard InChI is InChI=1S/C17H24N2O3S/c1-13-8-10-16(11-9-13)23(21,22)12-14(2)18-17(20)19-15-6-4-3-5-7-15/h4,6,8-11,14-15H,3,5,7,12H2,1-2H3,(H2,18,19,20)/t14-,15-/m1/s1. The fourth-order valence-corrected chi connectivity index (χ4v) is 4.06. The number of aryl methyl sites for hydroxylation is 1. The predicted molar refractivity (Wildman–Crippen MR) is 91.1 cm³/mol. The van der Waals surface area contributed by atoms with E-state index < -0.39 is 15.9 Å². The smallest absolute Gasteiger partial charge is 0.315 e. The molecule has 0 fully saturated rings. The molecule has 5 nitrogen and oxygen atoms in total. The van der Waals surface area contributed by atoms with Gasteiger partial charge in [-0.25, -0.2) is 13.2 Å². The van der Waals surface area contributed by atoms with Crippen LogP contribution in [0.5, 0.6) is 0 Å². The summed E-state index contributed by atoms with van der Waals surface area (Å²) < 4.78 is 24.7. The molecule has 0 spiro atoms. The second-order valence-corrected chi connectivity index (χ2v) is 8.11. The molecule has 0 radical (unpaired) electrons. The predicted octanol–water partition coefficient (Wildman–Crippen LogP) is 2.57. The van der Waals surface area contributed by atoms with Crippen molar-refractivity contribution in [3.8, 4) is 0 Å². The van der Waals surface area contributed by atoms with Crippen molar-refractivity contribution in [2.75, 3.05) is 5.75 Å². The quantitative estimate of drug-likeness (QED) is 0.812. The van der Waals surface area contributed by atoms with E-state index >= 15 is 0 Å². The lowest BCUT2D eigenvalue weighted by Crippen LogP contribution is -2.47. The summed E-state index contributed by atoms with van der Waals surface area (Å²) in [6.07, 6.45) is 7.06. The van der Waals surface area contributed by atoms with Crippen LogP contribution in [0.25, 0.3) is 0 Å². The van der Waals surface area contributed by atoms with Crippen molar-refractivity contribution < 1.29 is 13.2 Å². The summed E-state index contributed by atoms with van der Waals surface area (Å²) in [5.41, 5.74) is 1.01. The lowest BCUT2D eigenvalue weighted by molar-refractivity contribution is 0.236. The molecule has 0 heterocycles. The van der Waals surface area contributed by atoms with Crippen molar-refractivity contribution >= 4 is 15.9 Å². The Morgan fingerprint density at radius 3 is 2.61 bits per heavy atom. The number of allylic oxidation sites excluding steroid dienone is 1. The van der Waals surface area contributed by atoms with Crippen LogP contribution in [0.3, 0.4) is 0 Å². The minimum Gasteiger partial charge on any atom is -0.335 e. The van der Waals surface area contributed by atoms with Gasteiger partial charge in [0.1, 0.15) is 0 Å². The van der Waals surface area contributed by atoms with Gasteiger partial charge in [0.05, 0.1) is 10.6 Å². The topological polar surface area (TPSA) is 75.3 Å². The van der Waals surface area contributed by atoms with Crippen molar-refractivity contribution in [2.45, 2.75) is 50.1 Å². The van der Waals surface area contributed by atoms with Gasteiger partial charge in [-0.15, -0.1) is 0 Å². The first-order valence-corrected chi connectivity index (χ1v) is 9.55. The third kappa shape index (κ3) is 5.39. The molecule has 1 aromatic rings. The highest BCUT2D eigenvalue weighted by Crippen LogP contribution is 2.13. The summed E-state index contributed by atoms with van der Waals surface area (Å²) in [5, 5.41) is 5.55. The number of amides is 2. The maximum absolute atomic E-state index is 12.3. The van der Waals surface area contributed by atoms with E-state index in [4.69, 9.17) is 0 Å². The molecule has 6 heteroatoms. The number of carbonyl (C=O) groups excluding carboxylic acids is 1. The number of urea groups is 1. The molecule has 2 N–H and O–H groups in total. The molecule has 1 aliphatic carbocycles. The van der Waals surface area contributed by atoms with Crippen molar-refractivity contribution in [3.05, 3.63) is 42.0 Å². The molecular weight excluding hydrogens is 312 g/mol. The lowest BCUT2D eigenvalue weighted by Gasteiger charge is -2.20. The first-order valence-electron chi connectivity index (χ1n) is 7.90. The second kappa shape index (κ2) is 7.64. The van der Waals surface area contributed by atoms with E-state index in [-0.39, 0.29) is 22.7 Å². The second-order valence-electron chi connectivity index (χ2n) is 6.08. The van der Waals surface area contributed by atoms with Crippen LogP contribution in [0.4, 0.5) is 4.79 Å². The van der Waals surface area contributed by atoms with Gasteiger partial charge in [-0.05, 0) is 45.2 Å². The minimum absolute atomic E-state index is 0.0321. The van der Waals surface area contributed by atoms with Gasteiger partial charge >= 0.3 is 6.03 Å². The Morgan fingerprint density at radius 2 is 2.00 bits per heavy atom. The van der Waals surface area contributed by atoms with Crippen molar-refractivity contribution in [3.63, 3.8) is 0 Å². The average Bonchev–Trinajstić information content (AvgIpc) is 2.47. The molecule has 23 heavy (non-hydrogen) atoms. The summed E-state index contributed by atoms with van der Waals surface area (Å²) in [4.78, 5) is 12.2. The molecule has 0 saturated heterocycles. The Morgan fingerprint density at radius 1 is 1.30 bits per heavy atom. The third-order valence-electron chi connectivity index (χ3n) is 3.80. The molecular formula is C17H24N2O3S. The molecule has 0 aromatic heterocycles. The van der Waals surface area contributed by atoms with E-state index in [2.05, 4.69) is 16.7 Å². The molecule has 0 unspecified atom stereocenters. The Labute approximate surface area is 138 Å². The Hall–Kier alpha value is -1.82. The summed E-state index contributed by atoms with van der Waals surface area (Å²) in [7, 11) is -3.41. The first-order chi connectivity index (χ1) is 10.9. The highest BCUT2D eigenvalue weighted by Gasteiger charge is 2.20. The Kier molecular flexibility index (Phi) is 5.82. The van der Waals surface area contributed by atoms with Gasteiger partial charge in [0.25, 0.3) is 0 Å². The maximum atomic E-state index is 12.3. The van der Waals surface area contributed by atoms with Gasteiger partial charge in [-0.1, -0.05) is 29.8 Å². The van der Waals surface area contributed by atoms with E-state index in [0.29, 0.717) is 0 Å². The molecule has 0 saturated carbocycles. The number of hydrogen-bond acceptors (Lipinski definition) is 3. The van der Waals surface area contributed by atoms with Crippen LogP contribution in [0.15, 0.2) is 41.3 Å². The number of sulfone groups is 1. The molecule has 2 rings (SSSR count). The number of nitrogens with one attached hydrogen (secondary N) is 2. The van der Waals surface area contributed by atoms with E-state index in [1.807, 2.05) is 13.0 Å². The van der Waals surface area contributed by atoms with Gasteiger partial charge in [0.2, 0.25) is 0 Å². The lowest BCUT2D eigenvalue weighted by atomic mass is 10.0. The third-order valence-corrected chi connectivity index (χ3v) is 5.73. The Balaban J connectivity index is 1.89. The summed E-state index contributed by atoms with van der Waals surface area (Å²) in [5.74, 6) is -0.121. The maximum Gasteiger partial charge on any atom is 0.315 e. The van der Waals surface area contributed by atoms with Crippen LogP contribution in [0, 0.1) is 6.92 Å². The van der Waals surface area contributed by atoms with Crippen LogP contribution in [0.2, 0.25) is 0 Å². The van der Waals surface area contributed by atoms with Crippen LogP contribution >= 0.6 is 0 Å². The largest absolute Gasteiger partial charge is 0.335 e. The highest BCUT2D eigenvalue weighted by molar-refractivity contribution is 7.91. The van der Waals surface area contributed by atoms with E-state index in [9.17, 15) is 13.2 Å². The summed E-state index contributed by atoms with van der Waals surface area (Å²) in [6.45, 7) is 3.60. The number of benzene rings is 1. The first kappa shape index (κ1) is 17.5. The molecule has 2 atom stereocenters. The van der Waals surface area contributed by atoms with E-state index in [1.165, 1.54) is 0 Å². The summed E-state index contributed by atoms with van der Waals surface area (Å²) >= 11 is 0. The number of hydrogen-bond donors (Lipinski definition) is 2. The number of rotatable bonds is 5. The molecule has 0 aliphatic heterocycles. The van der Waals surface area contributed by atoms with E-state index in [0.717, 1.165) is 24.8 Å². The van der Waals surface area contributed by atoms with Gasteiger partial charge in [0, 0.05) is 12.1 Å². The molecule has 1 aliphatic rings. The van der Waals surface area contributed by atoms with Crippen molar-refractivity contribution in [2.24, 2.45) is 0 Å². The zero-order valence-electron chi connectivity index (χ0n) is 13.6. The van der Waals surface area contributed by atoms with Gasteiger partial charge in [-0.2, -0.15) is 0 Å². The zero-order chi connectivity index (χ0) is 16.9. The molecule has 0 bridgehead atoms. The van der Waals surface area contributed by atoms with E-state index in [1.54, 1.807) is 31.2 Å². The monoisotopic (exact) mass is 336 g/mol. The van der Waals surface area contributed by atoms with Crippen molar-refractivity contribution in [1.29, 1.82) is 0 Å². The van der Waals surface area contributed by atoms with Gasteiger partial charge < -0.3 is 10.6 Å². The summed E-state index contributed by atoms with van der Waals surface area (Å²) in [6, 6.07) is 5.99. The normalized spacial score (nSPS) is 19.1. The average molecular weight is 336 g/mol. The number of carbonyl (C=O) groups is 1. The van der Waals surface area contributed by atoms with Crippen LogP contribution in [-0.4, -0.2) is 32.3 Å². The van der Waals surface area contributed by atoms with Gasteiger partial charge in [-0.3, -0.25) is 0 Å². The fraction of sp³-hybridized carbons (Fsp3) is 0.471. The minimum atomic E-state index is -3.41. The fourth-order valence-electron chi connectivity index (χ4n) is 2.58. The van der Waals surface area contributed by atoms with Crippen LogP contribution in [-0.2, 0) is 9.84 Å². The molecule has 126 valence electrons. The van der Waals surface area contributed by atoms with Crippen LogP contribution < -0.4 is 10.6 Å². The highest BCUT2D eigenvalue weighted by atomic mass is 32.2. The molecule has 2 amide bonds. The molecule has 1 aromatic carbocycles. The van der Waals surface area contributed by atoms with Crippen LogP contribution in [0.1, 0.15) is 31.7 Å². The Bertz CT molecular complexity index is 666. The zero-order valence-corrected chi connectivity index (χ0v) is 14.4. The SMILES string of the molecule is Cc1ccc(S(=O)(=O)C[C@@H](C)NC(=O)N[C@@H]2C=CCCC2)cc1. The van der Waals surface area contributed by atoms with Crippen molar-refractivity contribution in [1.82, 2.24) is 10.6 Å².